The molecular weight excluding hydrogens is 480 g/mol. The highest BCUT2D eigenvalue weighted by molar-refractivity contribution is 6.22. The second-order valence-electron chi connectivity index (χ2n) is 7.32. The summed E-state index contributed by atoms with van der Waals surface area (Å²) < 4.78 is 80.1. The van der Waals surface area contributed by atoms with Crippen LogP contribution in [0, 0.1) is 0 Å². The van der Waals surface area contributed by atoms with Crippen molar-refractivity contribution in [2.24, 2.45) is 5.73 Å². The van der Waals surface area contributed by atoms with Crippen molar-refractivity contribution in [1.29, 1.82) is 0 Å². The summed E-state index contributed by atoms with van der Waals surface area (Å²) in [6.45, 7) is 0. The quantitative estimate of drug-likeness (QED) is 0.342. The SMILES string of the molecule is NC(=O)/C(=C/n1cnn(-c2cc(C(F)(F)F)cc(C(F)(F)F)c2)c1=O)c1cnc2ccccc2c1. The number of primary amides is 1. The highest BCUT2D eigenvalue weighted by Gasteiger charge is 2.37. The van der Waals surface area contributed by atoms with E-state index >= 15 is 0 Å². The lowest BCUT2D eigenvalue weighted by Gasteiger charge is -2.13. The van der Waals surface area contributed by atoms with Gasteiger partial charge in [0.15, 0.2) is 0 Å². The van der Waals surface area contributed by atoms with Crippen LogP contribution in [0.2, 0.25) is 0 Å². The molecule has 0 saturated carbocycles. The first-order valence-corrected chi connectivity index (χ1v) is 9.67. The van der Waals surface area contributed by atoms with E-state index in [2.05, 4.69) is 10.1 Å². The van der Waals surface area contributed by atoms with Crippen molar-refractivity contribution in [3.63, 3.8) is 0 Å². The molecule has 0 spiro atoms. The zero-order valence-corrected chi connectivity index (χ0v) is 17.3. The van der Waals surface area contributed by atoms with E-state index in [1.54, 1.807) is 30.3 Å². The molecule has 13 heteroatoms. The molecule has 0 radical (unpaired) electrons. The molecule has 0 unspecified atom stereocenters. The van der Waals surface area contributed by atoms with Gasteiger partial charge < -0.3 is 5.73 Å². The number of hydrogen-bond acceptors (Lipinski definition) is 4. The van der Waals surface area contributed by atoms with E-state index in [1.807, 2.05) is 0 Å². The molecule has 2 heterocycles. The fourth-order valence-corrected chi connectivity index (χ4v) is 3.28. The number of rotatable bonds is 4. The highest BCUT2D eigenvalue weighted by atomic mass is 19.4. The predicted molar refractivity (Wildman–Crippen MR) is 113 cm³/mol. The van der Waals surface area contributed by atoms with Crippen LogP contribution in [0.3, 0.4) is 0 Å². The van der Waals surface area contributed by atoms with Crippen LogP contribution < -0.4 is 11.4 Å². The number of para-hydroxylation sites is 1. The first-order valence-electron chi connectivity index (χ1n) is 9.67. The largest absolute Gasteiger partial charge is 0.416 e. The second kappa shape index (κ2) is 8.42. The van der Waals surface area contributed by atoms with E-state index in [4.69, 9.17) is 5.73 Å². The molecule has 2 N–H and O–H groups in total. The number of alkyl halides is 6. The van der Waals surface area contributed by atoms with Crippen LogP contribution in [-0.4, -0.2) is 25.2 Å². The molecule has 7 nitrogen and oxygen atoms in total. The zero-order chi connectivity index (χ0) is 25.5. The standard InChI is InChI=1S/C22H13F6N5O2/c23-21(24,25)14-6-15(22(26,27)28)8-16(7-14)33-20(35)32(11-31-33)10-17(19(29)34)13-5-12-3-1-2-4-18(12)30-9-13/h1-11H,(H2,29,34)/b17-10+. The van der Waals surface area contributed by atoms with E-state index in [9.17, 15) is 35.9 Å². The minimum absolute atomic E-state index is 0.0661. The third kappa shape index (κ3) is 4.78. The average molecular weight is 493 g/mol. The van der Waals surface area contributed by atoms with Crippen molar-refractivity contribution < 1.29 is 31.1 Å². The van der Waals surface area contributed by atoms with Gasteiger partial charge in [-0.2, -0.15) is 36.1 Å². The van der Waals surface area contributed by atoms with E-state index in [-0.39, 0.29) is 17.2 Å². The smallest absolute Gasteiger partial charge is 0.366 e. The van der Waals surface area contributed by atoms with Gasteiger partial charge in [0.25, 0.3) is 5.91 Å². The molecule has 0 atom stereocenters. The number of benzene rings is 2. The van der Waals surface area contributed by atoms with Gasteiger partial charge in [-0.3, -0.25) is 14.3 Å². The highest BCUT2D eigenvalue weighted by Crippen LogP contribution is 2.36. The fourth-order valence-electron chi connectivity index (χ4n) is 3.28. The molecule has 1 amide bonds. The summed E-state index contributed by atoms with van der Waals surface area (Å²) in [5.41, 5.74) is 0.974. The van der Waals surface area contributed by atoms with E-state index in [0.29, 0.717) is 32.3 Å². The summed E-state index contributed by atoms with van der Waals surface area (Å²) in [5, 5.41) is 4.26. The average Bonchev–Trinajstić information content (AvgIpc) is 3.15. The fraction of sp³-hybridized carbons (Fsp3) is 0.0909. The lowest BCUT2D eigenvalue weighted by atomic mass is 10.1. The minimum Gasteiger partial charge on any atom is -0.366 e. The van der Waals surface area contributed by atoms with Gasteiger partial charge in [-0.1, -0.05) is 18.2 Å². The number of carbonyl (C=O) groups excluding carboxylic acids is 1. The second-order valence-corrected chi connectivity index (χ2v) is 7.32. The van der Waals surface area contributed by atoms with Gasteiger partial charge in [-0.25, -0.2) is 4.79 Å². The molecule has 0 aliphatic heterocycles. The van der Waals surface area contributed by atoms with Gasteiger partial charge in [0.1, 0.15) is 6.33 Å². The van der Waals surface area contributed by atoms with E-state index < -0.39 is 40.8 Å². The first-order chi connectivity index (χ1) is 16.3. The number of halogens is 6. The van der Waals surface area contributed by atoms with Crippen molar-refractivity contribution in [3.8, 4) is 5.69 Å². The van der Waals surface area contributed by atoms with Crippen LogP contribution >= 0.6 is 0 Å². The van der Waals surface area contributed by atoms with Crippen LogP contribution in [0.5, 0.6) is 0 Å². The Hall–Kier alpha value is -4.42. The van der Waals surface area contributed by atoms with E-state index in [0.717, 1.165) is 12.5 Å². The third-order valence-electron chi connectivity index (χ3n) is 4.95. The van der Waals surface area contributed by atoms with Gasteiger partial charge in [-0.05, 0) is 30.3 Å². The molecule has 4 rings (SSSR count). The maximum absolute atomic E-state index is 13.2. The molecule has 4 aromatic rings. The Morgan fingerprint density at radius 2 is 1.57 bits per heavy atom. The maximum atomic E-state index is 13.2. The van der Waals surface area contributed by atoms with Crippen LogP contribution in [0.1, 0.15) is 16.7 Å². The summed E-state index contributed by atoms with van der Waals surface area (Å²) >= 11 is 0. The lowest BCUT2D eigenvalue weighted by Crippen LogP contribution is -2.23. The first kappa shape index (κ1) is 23.7. The van der Waals surface area contributed by atoms with Crippen molar-refractivity contribution in [1.82, 2.24) is 19.3 Å². The number of amides is 1. The Balaban J connectivity index is 1.83. The Morgan fingerprint density at radius 1 is 0.943 bits per heavy atom. The van der Waals surface area contributed by atoms with Gasteiger partial charge in [0, 0.05) is 23.3 Å². The van der Waals surface area contributed by atoms with Crippen LogP contribution in [0.4, 0.5) is 26.3 Å². The topological polar surface area (TPSA) is 95.8 Å². The summed E-state index contributed by atoms with van der Waals surface area (Å²) in [6.07, 6.45) is -7.09. The monoisotopic (exact) mass is 493 g/mol. The molecule has 2 aromatic heterocycles. The van der Waals surface area contributed by atoms with Crippen LogP contribution in [0.15, 0.2) is 65.8 Å². The predicted octanol–water partition coefficient (Wildman–Crippen LogP) is 4.10. The molecule has 0 fully saturated rings. The number of aromatic nitrogens is 4. The number of nitrogens with two attached hydrogens (primary N) is 1. The number of nitrogens with zero attached hydrogens (tertiary/aromatic N) is 4. The summed E-state index contributed by atoms with van der Waals surface area (Å²) in [6, 6.07) is 9.18. The van der Waals surface area contributed by atoms with Crippen LogP contribution in [-0.2, 0) is 17.1 Å². The minimum atomic E-state index is -5.11. The molecule has 35 heavy (non-hydrogen) atoms. The van der Waals surface area contributed by atoms with Gasteiger partial charge in [-0.15, -0.1) is 0 Å². The van der Waals surface area contributed by atoms with Crippen LogP contribution in [0.25, 0.3) is 28.4 Å². The molecule has 180 valence electrons. The number of pyridine rings is 1. The van der Waals surface area contributed by atoms with Crippen molar-refractivity contribution in [3.05, 3.63) is 88.2 Å². The molecular formula is C22H13F6N5O2. The summed E-state index contributed by atoms with van der Waals surface area (Å²) in [5.74, 6) is -0.958. The molecule has 0 aliphatic carbocycles. The molecule has 0 saturated heterocycles. The van der Waals surface area contributed by atoms with Gasteiger partial charge >= 0.3 is 18.0 Å². The van der Waals surface area contributed by atoms with Gasteiger partial charge in [0.05, 0.1) is 27.9 Å². The Labute approximate surface area is 191 Å². The molecule has 0 bridgehead atoms. The zero-order valence-electron chi connectivity index (χ0n) is 17.3. The third-order valence-corrected chi connectivity index (χ3v) is 4.95. The molecule has 0 aliphatic rings. The number of hydrogen-bond donors (Lipinski definition) is 1. The summed E-state index contributed by atoms with van der Waals surface area (Å²) in [4.78, 5) is 29.1. The Kier molecular flexibility index (Phi) is 5.71. The molecule has 2 aromatic carbocycles. The van der Waals surface area contributed by atoms with E-state index in [1.165, 1.54) is 6.20 Å². The van der Waals surface area contributed by atoms with Crippen molar-refractivity contribution in [2.75, 3.05) is 0 Å². The Bertz CT molecular complexity index is 1500. The van der Waals surface area contributed by atoms with Crippen molar-refractivity contribution >= 4 is 28.6 Å². The number of fused-ring (bicyclic) bond motifs is 1. The summed E-state index contributed by atoms with van der Waals surface area (Å²) in [7, 11) is 0. The Morgan fingerprint density at radius 3 is 2.17 bits per heavy atom. The maximum Gasteiger partial charge on any atom is 0.416 e. The lowest BCUT2D eigenvalue weighted by molar-refractivity contribution is -0.143. The van der Waals surface area contributed by atoms with Gasteiger partial charge in [0.2, 0.25) is 0 Å². The van der Waals surface area contributed by atoms with Crippen molar-refractivity contribution in [2.45, 2.75) is 12.4 Å². The number of carbonyl (C=O) groups is 1. The normalized spacial score (nSPS) is 12.8.